The Kier molecular flexibility index (Phi) is 6.97. The van der Waals surface area contributed by atoms with Crippen molar-refractivity contribution in [2.75, 3.05) is 19.6 Å². The molecule has 0 radical (unpaired) electrons. The molecule has 31 heavy (non-hydrogen) atoms. The molecular weight excluding hydrogens is 394 g/mol. The highest BCUT2D eigenvalue weighted by Gasteiger charge is 2.36. The second kappa shape index (κ2) is 9.84. The van der Waals surface area contributed by atoms with Gasteiger partial charge in [0.05, 0.1) is 11.1 Å². The van der Waals surface area contributed by atoms with E-state index in [0.29, 0.717) is 17.7 Å². The molecule has 0 aromatic heterocycles. The lowest BCUT2D eigenvalue weighted by atomic mass is 10.1. The maximum absolute atomic E-state index is 12.5. The van der Waals surface area contributed by atoms with Crippen LogP contribution in [0.2, 0.25) is 0 Å². The molecule has 3 rings (SSSR count). The molecule has 2 aromatic rings. The first kappa shape index (κ1) is 22.0. The summed E-state index contributed by atoms with van der Waals surface area (Å²) in [7, 11) is 0. The predicted molar refractivity (Wildman–Crippen MR) is 117 cm³/mol. The molecular formula is C24H25N3O4. The van der Waals surface area contributed by atoms with Crippen LogP contribution in [-0.2, 0) is 4.79 Å². The fourth-order valence-electron chi connectivity index (χ4n) is 3.22. The van der Waals surface area contributed by atoms with Crippen LogP contribution in [0.25, 0.3) is 6.08 Å². The van der Waals surface area contributed by atoms with Crippen molar-refractivity contribution < 1.29 is 19.2 Å². The molecule has 0 unspecified atom stereocenters. The number of carbonyl (C=O) groups excluding carboxylic acids is 4. The van der Waals surface area contributed by atoms with Crippen LogP contribution in [0.1, 0.15) is 50.5 Å². The van der Waals surface area contributed by atoms with E-state index in [4.69, 9.17) is 0 Å². The summed E-state index contributed by atoms with van der Waals surface area (Å²) in [4.78, 5) is 50.4. The molecule has 4 amide bonds. The quantitative estimate of drug-likeness (QED) is 0.390. The smallest absolute Gasteiger partial charge is 0.261 e. The Morgan fingerprint density at radius 2 is 1.61 bits per heavy atom. The molecule has 1 heterocycles. The van der Waals surface area contributed by atoms with Gasteiger partial charge in [-0.25, -0.2) is 0 Å². The molecule has 2 aromatic carbocycles. The number of carbonyl (C=O) groups is 4. The average molecular weight is 419 g/mol. The summed E-state index contributed by atoms with van der Waals surface area (Å²) in [6.45, 7) is 4.69. The van der Waals surface area contributed by atoms with Gasteiger partial charge in [0.2, 0.25) is 5.91 Å². The Morgan fingerprint density at radius 3 is 2.32 bits per heavy atom. The van der Waals surface area contributed by atoms with Gasteiger partial charge in [0.15, 0.2) is 0 Å². The number of amides is 4. The van der Waals surface area contributed by atoms with Gasteiger partial charge in [0, 0.05) is 31.3 Å². The van der Waals surface area contributed by atoms with E-state index in [0.717, 1.165) is 5.56 Å². The maximum atomic E-state index is 12.5. The molecule has 160 valence electrons. The van der Waals surface area contributed by atoms with Gasteiger partial charge in [-0.05, 0) is 35.8 Å². The molecule has 0 fully saturated rings. The Morgan fingerprint density at radius 1 is 0.935 bits per heavy atom. The minimum absolute atomic E-state index is 0.155. The summed E-state index contributed by atoms with van der Waals surface area (Å²) in [5, 5.41) is 5.39. The average Bonchev–Trinajstić information content (AvgIpc) is 3.00. The third kappa shape index (κ3) is 5.45. The summed E-state index contributed by atoms with van der Waals surface area (Å²) in [6.07, 6.45) is 3.14. The van der Waals surface area contributed by atoms with Gasteiger partial charge in [0.1, 0.15) is 0 Å². The molecule has 0 bridgehead atoms. The zero-order valence-electron chi connectivity index (χ0n) is 17.6. The van der Waals surface area contributed by atoms with E-state index in [1.807, 2.05) is 44.2 Å². The van der Waals surface area contributed by atoms with Gasteiger partial charge in [-0.15, -0.1) is 0 Å². The van der Waals surface area contributed by atoms with E-state index in [1.165, 1.54) is 29.2 Å². The van der Waals surface area contributed by atoms with Gasteiger partial charge < -0.3 is 10.6 Å². The van der Waals surface area contributed by atoms with Crippen molar-refractivity contribution in [3.63, 3.8) is 0 Å². The summed E-state index contributed by atoms with van der Waals surface area (Å²) >= 11 is 0. The summed E-state index contributed by atoms with van der Waals surface area (Å²) in [5.41, 5.74) is 1.78. The molecule has 2 N–H and O–H groups in total. The van der Waals surface area contributed by atoms with Crippen molar-refractivity contribution in [1.29, 1.82) is 0 Å². The van der Waals surface area contributed by atoms with Crippen molar-refractivity contribution in [2.45, 2.75) is 13.8 Å². The van der Waals surface area contributed by atoms with Crippen LogP contribution in [0.15, 0.2) is 54.6 Å². The molecule has 1 aliphatic heterocycles. The van der Waals surface area contributed by atoms with Crippen LogP contribution in [0, 0.1) is 5.92 Å². The minimum atomic E-state index is -0.376. The number of rotatable bonds is 8. The normalized spacial score (nSPS) is 13.1. The van der Waals surface area contributed by atoms with Crippen LogP contribution in [-0.4, -0.2) is 48.2 Å². The Hall–Kier alpha value is -3.74. The molecule has 7 nitrogen and oxygen atoms in total. The number of hydrogen-bond donors (Lipinski definition) is 2. The van der Waals surface area contributed by atoms with Crippen LogP contribution >= 0.6 is 0 Å². The lowest BCUT2D eigenvalue weighted by Gasteiger charge is -2.15. The molecule has 1 aliphatic rings. The van der Waals surface area contributed by atoms with Gasteiger partial charge in [-0.3, -0.25) is 24.1 Å². The van der Waals surface area contributed by atoms with Crippen LogP contribution in [0.5, 0.6) is 0 Å². The summed E-state index contributed by atoms with van der Waals surface area (Å²) in [6, 6.07) is 13.9. The van der Waals surface area contributed by atoms with Crippen molar-refractivity contribution in [1.82, 2.24) is 15.5 Å². The zero-order valence-corrected chi connectivity index (χ0v) is 17.6. The Bertz CT molecular complexity index is 1030. The number of benzene rings is 2. The van der Waals surface area contributed by atoms with E-state index < -0.39 is 0 Å². The second-order valence-corrected chi connectivity index (χ2v) is 7.67. The van der Waals surface area contributed by atoms with Crippen molar-refractivity contribution in [2.24, 2.45) is 5.92 Å². The number of imide groups is 1. The first-order valence-corrected chi connectivity index (χ1v) is 10.2. The third-order valence-electron chi connectivity index (χ3n) is 4.72. The van der Waals surface area contributed by atoms with Crippen molar-refractivity contribution in [3.8, 4) is 0 Å². The molecule has 0 saturated carbocycles. The lowest BCUT2D eigenvalue weighted by Crippen LogP contribution is -2.34. The first-order chi connectivity index (χ1) is 14.9. The van der Waals surface area contributed by atoms with Crippen LogP contribution < -0.4 is 10.6 Å². The van der Waals surface area contributed by atoms with Gasteiger partial charge >= 0.3 is 0 Å². The van der Waals surface area contributed by atoms with E-state index in [9.17, 15) is 19.2 Å². The predicted octanol–water partition coefficient (Wildman–Crippen LogP) is 2.50. The third-order valence-corrected chi connectivity index (χ3v) is 4.72. The molecule has 7 heteroatoms. The number of hydrogen-bond acceptors (Lipinski definition) is 4. The lowest BCUT2D eigenvalue weighted by molar-refractivity contribution is -0.116. The van der Waals surface area contributed by atoms with Gasteiger partial charge in [0.25, 0.3) is 17.7 Å². The standard InChI is InChI=1S/C24H25N3O4/c1-16(2)15-27-23(30)19-10-9-18(14-20(19)24(27)31)22(29)26-13-12-25-21(28)11-8-17-6-4-3-5-7-17/h3-11,14,16H,12-13,15H2,1-2H3,(H,25,28)(H,26,29)/b11-8+. The maximum Gasteiger partial charge on any atom is 0.261 e. The minimum Gasteiger partial charge on any atom is -0.351 e. The van der Waals surface area contributed by atoms with Crippen LogP contribution in [0.3, 0.4) is 0 Å². The number of fused-ring (bicyclic) bond motifs is 1. The second-order valence-electron chi connectivity index (χ2n) is 7.67. The Labute approximate surface area is 181 Å². The van der Waals surface area contributed by atoms with Crippen LogP contribution in [0.4, 0.5) is 0 Å². The fraction of sp³-hybridized carbons (Fsp3) is 0.250. The highest BCUT2D eigenvalue weighted by Crippen LogP contribution is 2.24. The largest absolute Gasteiger partial charge is 0.351 e. The van der Waals surface area contributed by atoms with Gasteiger partial charge in [-0.2, -0.15) is 0 Å². The topological polar surface area (TPSA) is 95.6 Å². The van der Waals surface area contributed by atoms with E-state index in [1.54, 1.807) is 6.08 Å². The van der Waals surface area contributed by atoms with E-state index in [-0.39, 0.29) is 48.2 Å². The highest BCUT2D eigenvalue weighted by molar-refractivity contribution is 6.22. The Balaban J connectivity index is 1.50. The van der Waals surface area contributed by atoms with Gasteiger partial charge in [-0.1, -0.05) is 44.2 Å². The summed E-state index contributed by atoms with van der Waals surface area (Å²) < 4.78 is 0. The monoisotopic (exact) mass is 419 g/mol. The molecule has 0 spiro atoms. The van der Waals surface area contributed by atoms with E-state index >= 15 is 0 Å². The van der Waals surface area contributed by atoms with Crippen molar-refractivity contribution in [3.05, 3.63) is 76.9 Å². The number of nitrogens with one attached hydrogen (secondary N) is 2. The zero-order chi connectivity index (χ0) is 22.4. The first-order valence-electron chi connectivity index (χ1n) is 10.2. The van der Waals surface area contributed by atoms with E-state index in [2.05, 4.69) is 10.6 Å². The highest BCUT2D eigenvalue weighted by atomic mass is 16.2. The fourth-order valence-corrected chi connectivity index (χ4v) is 3.22. The number of nitrogens with zero attached hydrogens (tertiary/aromatic N) is 1. The summed E-state index contributed by atoms with van der Waals surface area (Å²) in [5.74, 6) is -1.18. The molecule has 0 atom stereocenters. The SMILES string of the molecule is CC(C)CN1C(=O)c2ccc(C(=O)NCCNC(=O)/C=C/c3ccccc3)cc2C1=O. The van der Waals surface area contributed by atoms with Crippen molar-refractivity contribution >= 4 is 29.7 Å². The molecule has 0 saturated heterocycles. The molecule has 0 aliphatic carbocycles.